The molecule has 2 N–H and O–H groups in total. The largest absolute Gasteiger partial charge is 0.390 e. The number of β-amino-alcohol motifs (C(OH)–C–C–N with tert-alkyl or cyclic N) is 1. The van der Waals surface area contributed by atoms with Crippen molar-refractivity contribution in [2.45, 2.75) is 64.3 Å². The maximum absolute atomic E-state index is 11.0. The summed E-state index contributed by atoms with van der Waals surface area (Å²) in [5.41, 5.74) is 2.63. The van der Waals surface area contributed by atoms with E-state index in [1.807, 2.05) is 11.3 Å². The Bertz CT molecular complexity index is 980. The van der Waals surface area contributed by atoms with Crippen LogP contribution >= 0.6 is 11.3 Å². The molecular weight excluding hydrogens is 388 g/mol. The summed E-state index contributed by atoms with van der Waals surface area (Å²) < 4.78 is 0. The Kier molecular flexibility index (Phi) is 6.59. The van der Waals surface area contributed by atoms with Crippen LogP contribution in [0.25, 0.3) is 10.8 Å². The normalized spacial score (nSPS) is 18.9. The van der Waals surface area contributed by atoms with E-state index in [0.29, 0.717) is 6.54 Å². The third-order valence-electron chi connectivity index (χ3n) is 6.42. The number of hydrogen-bond donors (Lipinski definition) is 2. The van der Waals surface area contributed by atoms with Gasteiger partial charge in [-0.15, -0.1) is 11.3 Å². The number of nitrogens with zero attached hydrogens (tertiary/aromatic N) is 1. The van der Waals surface area contributed by atoms with Crippen LogP contribution in [0.2, 0.25) is 0 Å². The second kappa shape index (κ2) is 9.19. The number of thiophene rings is 1. The van der Waals surface area contributed by atoms with Crippen molar-refractivity contribution >= 4 is 22.1 Å². The van der Waals surface area contributed by atoms with Gasteiger partial charge >= 0.3 is 0 Å². The van der Waals surface area contributed by atoms with E-state index in [0.717, 1.165) is 25.9 Å². The molecule has 0 saturated carbocycles. The van der Waals surface area contributed by atoms with Gasteiger partial charge in [-0.3, -0.25) is 4.90 Å². The summed E-state index contributed by atoms with van der Waals surface area (Å²) in [4.78, 5) is 3.90. The van der Waals surface area contributed by atoms with Gasteiger partial charge in [-0.25, -0.2) is 0 Å². The Morgan fingerprint density at radius 3 is 2.73 bits per heavy atom. The first kappa shape index (κ1) is 21.5. The molecule has 0 spiro atoms. The highest BCUT2D eigenvalue weighted by molar-refractivity contribution is 7.10. The molecule has 0 amide bonds. The van der Waals surface area contributed by atoms with Crippen LogP contribution < -0.4 is 5.32 Å². The Balaban J connectivity index is 1.34. The second-order valence-electron chi connectivity index (χ2n) is 9.40. The molecule has 4 heteroatoms. The van der Waals surface area contributed by atoms with Crippen LogP contribution in [0.5, 0.6) is 0 Å². The minimum atomic E-state index is -0.344. The van der Waals surface area contributed by atoms with Gasteiger partial charge in [-0.2, -0.15) is 0 Å². The molecule has 3 aromatic rings. The summed E-state index contributed by atoms with van der Waals surface area (Å²) in [5, 5.41) is 19.4. The molecule has 1 fully saturated rings. The number of aliphatic hydroxyl groups excluding tert-OH is 1. The van der Waals surface area contributed by atoms with Gasteiger partial charge in [0.2, 0.25) is 0 Å². The molecule has 3 nitrogen and oxygen atoms in total. The van der Waals surface area contributed by atoms with Crippen molar-refractivity contribution in [1.29, 1.82) is 0 Å². The molecule has 0 aliphatic carbocycles. The van der Waals surface area contributed by atoms with E-state index in [-0.39, 0.29) is 17.7 Å². The molecule has 2 heterocycles. The number of benzene rings is 2. The SMILES string of the molecule is Cc1ccsc1CN1CCCC1C(O)CNC(C)(C)Cc1ccc2ccccc2c1. The third-order valence-corrected chi connectivity index (χ3v) is 7.43. The number of hydrogen-bond acceptors (Lipinski definition) is 4. The molecule has 1 aliphatic rings. The fourth-order valence-corrected chi connectivity index (χ4v) is 5.60. The monoisotopic (exact) mass is 422 g/mol. The highest BCUT2D eigenvalue weighted by Gasteiger charge is 2.32. The lowest BCUT2D eigenvalue weighted by Gasteiger charge is -2.32. The van der Waals surface area contributed by atoms with Crippen molar-refractivity contribution in [2.75, 3.05) is 13.1 Å². The zero-order chi connectivity index (χ0) is 21.1. The van der Waals surface area contributed by atoms with Crippen LogP contribution in [-0.4, -0.2) is 40.8 Å². The summed E-state index contributed by atoms with van der Waals surface area (Å²) in [6, 6.07) is 17.7. The minimum absolute atomic E-state index is 0.0722. The Labute approximate surface area is 184 Å². The third kappa shape index (κ3) is 5.12. The zero-order valence-corrected chi connectivity index (χ0v) is 19.2. The van der Waals surface area contributed by atoms with E-state index >= 15 is 0 Å². The van der Waals surface area contributed by atoms with Crippen molar-refractivity contribution in [3.05, 3.63) is 69.9 Å². The molecule has 1 saturated heterocycles. The first-order valence-electron chi connectivity index (χ1n) is 11.1. The van der Waals surface area contributed by atoms with Gasteiger partial charge in [0.1, 0.15) is 0 Å². The Hall–Kier alpha value is -1.72. The molecule has 0 bridgehead atoms. The lowest BCUT2D eigenvalue weighted by Crippen LogP contribution is -2.50. The quantitative estimate of drug-likeness (QED) is 0.527. The van der Waals surface area contributed by atoms with Crippen molar-refractivity contribution in [2.24, 2.45) is 0 Å². The average molecular weight is 423 g/mol. The van der Waals surface area contributed by atoms with Gasteiger partial charge in [0, 0.05) is 29.5 Å². The van der Waals surface area contributed by atoms with Crippen molar-refractivity contribution in [3.63, 3.8) is 0 Å². The zero-order valence-electron chi connectivity index (χ0n) is 18.4. The van der Waals surface area contributed by atoms with E-state index in [9.17, 15) is 5.11 Å². The average Bonchev–Trinajstić information content (AvgIpc) is 3.35. The summed E-state index contributed by atoms with van der Waals surface area (Å²) in [5.74, 6) is 0. The Morgan fingerprint density at radius 1 is 1.17 bits per heavy atom. The van der Waals surface area contributed by atoms with Gasteiger partial charge in [0.05, 0.1) is 6.10 Å². The molecule has 160 valence electrons. The summed E-state index contributed by atoms with van der Waals surface area (Å²) in [7, 11) is 0. The van der Waals surface area contributed by atoms with E-state index in [2.05, 4.69) is 84.9 Å². The highest BCUT2D eigenvalue weighted by Crippen LogP contribution is 2.26. The number of nitrogens with one attached hydrogen (secondary N) is 1. The van der Waals surface area contributed by atoms with Crippen LogP contribution in [0.3, 0.4) is 0 Å². The van der Waals surface area contributed by atoms with E-state index in [4.69, 9.17) is 0 Å². The van der Waals surface area contributed by atoms with Crippen molar-refractivity contribution in [1.82, 2.24) is 10.2 Å². The fraction of sp³-hybridized carbons (Fsp3) is 0.462. The topological polar surface area (TPSA) is 35.5 Å². The standard InChI is InChI=1S/C26H34N2OS/c1-19-12-14-30-25(19)18-28-13-6-9-23(28)24(29)17-27-26(2,3)16-20-10-11-21-7-4-5-8-22(21)15-20/h4-5,7-8,10-12,14-15,23-24,27,29H,6,9,13,16-18H2,1-3H3. The molecule has 2 unspecified atom stereocenters. The Morgan fingerprint density at radius 2 is 1.97 bits per heavy atom. The lowest BCUT2D eigenvalue weighted by atomic mass is 9.93. The van der Waals surface area contributed by atoms with Gasteiger partial charge in [0.15, 0.2) is 0 Å². The molecule has 0 radical (unpaired) electrons. The molecule has 1 aromatic heterocycles. The van der Waals surface area contributed by atoms with Crippen molar-refractivity contribution < 1.29 is 5.11 Å². The smallest absolute Gasteiger partial charge is 0.0819 e. The highest BCUT2D eigenvalue weighted by atomic mass is 32.1. The van der Waals surface area contributed by atoms with Crippen molar-refractivity contribution in [3.8, 4) is 0 Å². The van der Waals surface area contributed by atoms with E-state index in [1.54, 1.807) is 0 Å². The number of aryl methyl sites for hydroxylation is 1. The molecular formula is C26H34N2OS. The second-order valence-corrected chi connectivity index (χ2v) is 10.4. The minimum Gasteiger partial charge on any atom is -0.390 e. The summed E-state index contributed by atoms with van der Waals surface area (Å²) in [6.45, 7) is 9.33. The maximum atomic E-state index is 11.0. The van der Waals surface area contributed by atoms with Gasteiger partial charge in [0.25, 0.3) is 0 Å². The molecule has 2 aromatic carbocycles. The van der Waals surface area contributed by atoms with Gasteiger partial charge < -0.3 is 10.4 Å². The fourth-order valence-electron chi connectivity index (χ4n) is 4.67. The number of likely N-dealkylation sites (tertiary alicyclic amines) is 1. The maximum Gasteiger partial charge on any atom is 0.0819 e. The van der Waals surface area contributed by atoms with Crippen LogP contribution in [0.1, 0.15) is 42.7 Å². The molecule has 4 rings (SSSR count). The van der Waals surface area contributed by atoms with Crippen LogP contribution in [-0.2, 0) is 13.0 Å². The number of aliphatic hydroxyl groups is 1. The predicted molar refractivity (Wildman–Crippen MR) is 128 cm³/mol. The van der Waals surface area contributed by atoms with Crippen LogP contribution in [0.15, 0.2) is 53.9 Å². The molecule has 1 aliphatic heterocycles. The first-order chi connectivity index (χ1) is 14.4. The molecule has 30 heavy (non-hydrogen) atoms. The summed E-state index contributed by atoms with van der Waals surface area (Å²) >= 11 is 1.83. The van der Waals surface area contributed by atoms with Crippen LogP contribution in [0.4, 0.5) is 0 Å². The number of rotatable bonds is 8. The predicted octanol–water partition coefficient (Wildman–Crippen LogP) is 5.15. The summed E-state index contributed by atoms with van der Waals surface area (Å²) in [6.07, 6.45) is 2.85. The lowest BCUT2D eigenvalue weighted by molar-refractivity contribution is 0.0637. The molecule has 2 atom stereocenters. The van der Waals surface area contributed by atoms with E-state index < -0.39 is 0 Å². The number of fused-ring (bicyclic) bond motifs is 1. The van der Waals surface area contributed by atoms with Crippen LogP contribution in [0, 0.1) is 6.92 Å². The first-order valence-corrected chi connectivity index (χ1v) is 12.0. The van der Waals surface area contributed by atoms with Gasteiger partial charge in [-0.1, -0.05) is 42.5 Å². The van der Waals surface area contributed by atoms with Gasteiger partial charge in [-0.05, 0) is 79.9 Å². The van der Waals surface area contributed by atoms with E-state index in [1.165, 1.54) is 33.2 Å².